The molecule has 0 saturated heterocycles. The minimum absolute atomic E-state index is 0.0109. The van der Waals surface area contributed by atoms with Gasteiger partial charge in [-0.2, -0.15) is 0 Å². The number of carbonyl (C=O) groups excluding carboxylic acids is 1. The highest BCUT2D eigenvalue weighted by Crippen LogP contribution is 2.40. The Morgan fingerprint density at radius 3 is 2.53 bits per heavy atom. The van der Waals surface area contributed by atoms with Crippen molar-refractivity contribution < 1.29 is 14.3 Å². The second-order valence-corrected chi connectivity index (χ2v) is 7.77. The van der Waals surface area contributed by atoms with Crippen molar-refractivity contribution in [3.05, 3.63) is 42.5 Å². The average molecular weight is 410 g/mol. The molecular weight excluding hydrogens is 378 g/mol. The number of benzene rings is 2. The van der Waals surface area contributed by atoms with Crippen molar-refractivity contribution >= 4 is 16.9 Å². The van der Waals surface area contributed by atoms with Gasteiger partial charge in [-0.3, -0.25) is 4.79 Å². The summed E-state index contributed by atoms with van der Waals surface area (Å²) >= 11 is 0. The summed E-state index contributed by atoms with van der Waals surface area (Å²) in [6, 6.07) is 13.3. The summed E-state index contributed by atoms with van der Waals surface area (Å²) in [7, 11) is 3.23. The maximum absolute atomic E-state index is 13.2. The lowest BCUT2D eigenvalue weighted by atomic mass is 10.0. The van der Waals surface area contributed by atoms with E-state index in [1.54, 1.807) is 14.2 Å². The Morgan fingerprint density at radius 2 is 1.87 bits per heavy atom. The van der Waals surface area contributed by atoms with Crippen LogP contribution < -0.4 is 14.8 Å². The number of para-hydroxylation sites is 3. The monoisotopic (exact) mass is 409 g/mol. The van der Waals surface area contributed by atoms with Crippen LogP contribution in [0.2, 0.25) is 0 Å². The van der Waals surface area contributed by atoms with Crippen LogP contribution in [0.25, 0.3) is 22.4 Å². The van der Waals surface area contributed by atoms with Gasteiger partial charge in [-0.05, 0) is 43.0 Å². The van der Waals surface area contributed by atoms with Crippen LogP contribution in [0.4, 0.5) is 0 Å². The smallest absolute Gasteiger partial charge is 0.243 e. The molecule has 2 aromatic carbocycles. The summed E-state index contributed by atoms with van der Waals surface area (Å²) in [5, 5.41) is 3.08. The first-order valence-corrected chi connectivity index (χ1v) is 10.5. The van der Waals surface area contributed by atoms with Crippen LogP contribution in [0.1, 0.15) is 39.7 Å². The minimum Gasteiger partial charge on any atom is -0.493 e. The summed E-state index contributed by atoms with van der Waals surface area (Å²) < 4.78 is 13.2. The predicted octanol–water partition coefficient (Wildman–Crippen LogP) is 4.83. The van der Waals surface area contributed by atoms with Crippen molar-refractivity contribution in [2.75, 3.05) is 20.8 Å². The van der Waals surface area contributed by atoms with E-state index >= 15 is 0 Å². The molecule has 6 heteroatoms. The van der Waals surface area contributed by atoms with Gasteiger partial charge in [0.15, 0.2) is 11.5 Å². The molecule has 1 amide bonds. The zero-order valence-electron chi connectivity index (χ0n) is 18.4. The van der Waals surface area contributed by atoms with Crippen molar-refractivity contribution in [2.24, 2.45) is 5.92 Å². The molecule has 3 rings (SSSR count). The molecule has 0 aliphatic heterocycles. The Bertz CT molecular complexity index is 1010. The molecule has 0 bridgehead atoms. The number of amides is 1. The predicted molar refractivity (Wildman–Crippen MR) is 120 cm³/mol. The fraction of sp³-hybridized carbons (Fsp3) is 0.417. The number of rotatable bonds is 9. The molecule has 0 spiro atoms. The van der Waals surface area contributed by atoms with Gasteiger partial charge in [-0.1, -0.05) is 39.0 Å². The largest absolute Gasteiger partial charge is 0.493 e. The SMILES string of the molecule is CCCNC(=O)C(CC(C)C)n1c(-c2cccc(OC)c2OC)nc2ccccc21. The molecule has 3 aromatic rings. The van der Waals surface area contributed by atoms with E-state index in [4.69, 9.17) is 14.5 Å². The Kier molecular flexibility index (Phi) is 6.98. The summed E-state index contributed by atoms with van der Waals surface area (Å²) in [5.41, 5.74) is 2.56. The molecule has 0 fully saturated rings. The minimum atomic E-state index is -0.380. The van der Waals surface area contributed by atoms with E-state index in [9.17, 15) is 4.79 Å². The molecule has 160 valence electrons. The molecule has 30 heavy (non-hydrogen) atoms. The third-order valence-electron chi connectivity index (χ3n) is 5.10. The molecule has 1 aromatic heterocycles. The van der Waals surface area contributed by atoms with Gasteiger partial charge in [0, 0.05) is 6.54 Å². The van der Waals surface area contributed by atoms with Crippen molar-refractivity contribution in [1.82, 2.24) is 14.9 Å². The van der Waals surface area contributed by atoms with E-state index in [0.29, 0.717) is 36.2 Å². The molecule has 1 N–H and O–H groups in total. The van der Waals surface area contributed by atoms with Gasteiger partial charge < -0.3 is 19.4 Å². The van der Waals surface area contributed by atoms with E-state index in [1.807, 2.05) is 42.5 Å². The fourth-order valence-electron chi connectivity index (χ4n) is 3.76. The third kappa shape index (κ3) is 4.27. The Labute approximate surface area is 178 Å². The maximum Gasteiger partial charge on any atom is 0.243 e. The topological polar surface area (TPSA) is 65.4 Å². The number of ether oxygens (including phenoxy) is 2. The molecule has 0 saturated carbocycles. The van der Waals surface area contributed by atoms with Crippen LogP contribution >= 0.6 is 0 Å². The van der Waals surface area contributed by atoms with Gasteiger partial charge >= 0.3 is 0 Å². The van der Waals surface area contributed by atoms with Crippen LogP contribution in [0, 0.1) is 5.92 Å². The second kappa shape index (κ2) is 9.65. The van der Waals surface area contributed by atoms with E-state index in [1.165, 1.54) is 0 Å². The number of imidazole rings is 1. The Hall–Kier alpha value is -3.02. The highest BCUT2D eigenvalue weighted by molar-refractivity contribution is 5.88. The van der Waals surface area contributed by atoms with Gasteiger partial charge in [0.05, 0.1) is 30.8 Å². The third-order valence-corrected chi connectivity index (χ3v) is 5.10. The molecule has 1 unspecified atom stereocenters. The summed E-state index contributed by atoms with van der Waals surface area (Å²) in [4.78, 5) is 18.1. The number of hydrogen-bond acceptors (Lipinski definition) is 4. The summed E-state index contributed by atoms with van der Waals surface area (Å²) in [5.74, 6) is 2.28. The zero-order valence-corrected chi connectivity index (χ0v) is 18.4. The zero-order chi connectivity index (χ0) is 21.7. The fourth-order valence-corrected chi connectivity index (χ4v) is 3.76. The summed E-state index contributed by atoms with van der Waals surface area (Å²) in [6.07, 6.45) is 1.59. The van der Waals surface area contributed by atoms with Crippen molar-refractivity contribution in [2.45, 2.75) is 39.7 Å². The van der Waals surface area contributed by atoms with Crippen molar-refractivity contribution in [3.63, 3.8) is 0 Å². The highest BCUT2D eigenvalue weighted by atomic mass is 16.5. The number of nitrogens with one attached hydrogen (secondary N) is 1. The maximum atomic E-state index is 13.2. The number of carbonyl (C=O) groups is 1. The lowest BCUT2D eigenvalue weighted by Crippen LogP contribution is -2.34. The van der Waals surface area contributed by atoms with Crippen LogP contribution in [-0.2, 0) is 4.79 Å². The average Bonchev–Trinajstić information content (AvgIpc) is 3.14. The normalized spacial score (nSPS) is 12.2. The first-order valence-electron chi connectivity index (χ1n) is 10.5. The lowest BCUT2D eigenvalue weighted by Gasteiger charge is -2.24. The number of nitrogens with zero attached hydrogens (tertiary/aromatic N) is 2. The van der Waals surface area contributed by atoms with Gasteiger partial charge in [-0.15, -0.1) is 0 Å². The lowest BCUT2D eigenvalue weighted by molar-refractivity contribution is -0.124. The molecule has 0 radical (unpaired) electrons. The van der Waals surface area contributed by atoms with Crippen molar-refractivity contribution in [1.29, 1.82) is 0 Å². The van der Waals surface area contributed by atoms with Gasteiger partial charge in [-0.25, -0.2) is 4.98 Å². The quantitative estimate of drug-likeness (QED) is 0.549. The number of methoxy groups -OCH3 is 2. The first kappa shape index (κ1) is 21.7. The van der Waals surface area contributed by atoms with Crippen LogP contribution in [0.5, 0.6) is 11.5 Å². The molecule has 0 aliphatic rings. The molecule has 0 aliphatic carbocycles. The van der Waals surface area contributed by atoms with Gasteiger partial charge in [0.25, 0.3) is 0 Å². The summed E-state index contributed by atoms with van der Waals surface area (Å²) in [6.45, 7) is 6.96. The number of aromatic nitrogens is 2. The Balaban J connectivity index is 2.27. The number of fused-ring (bicyclic) bond motifs is 1. The van der Waals surface area contributed by atoms with Crippen LogP contribution in [0.15, 0.2) is 42.5 Å². The molecule has 6 nitrogen and oxygen atoms in total. The van der Waals surface area contributed by atoms with Gasteiger partial charge in [0.2, 0.25) is 5.91 Å². The standard InChI is InChI=1S/C24H31N3O3/c1-6-14-25-24(28)20(15-16(2)3)27-19-12-8-7-11-18(19)26-23(27)17-10-9-13-21(29-4)22(17)30-5/h7-13,16,20H,6,14-15H2,1-5H3,(H,25,28). The first-order chi connectivity index (χ1) is 14.5. The Morgan fingerprint density at radius 1 is 1.10 bits per heavy atom. The highest BCUT2D eigenvalue weighted by Gasteiger charge is 2.28. The van der Waals surface area contributed by atoms with Crippen LogP contribution in [-0.4, -0.2) is 36.2 Å². The molecule has 1 heterocycles. The van der Waals surface area contributed by atoms with E-state index < -0.39 is 0 Å². The van der Waals surface area contributed by atoms with E-state index in [0.717, 1.165) is 23.0 Å². The van der Waals surface area contributed by atoms with Crippen molar-refractivity contribution in [3.8, 4) is 22.9 Å². The molecule has 1 atom stereocenters. The van der Waals surface area contributed by atoms with E-state index in [-0.39, 0.29) is 11.9 Å². The van der Waals surface area contributed by atoms with Gasteiger partial charge in [0.1, 0.15) is 11.9 Å². The second-order valence-electron chi connectivity index (χ2n) is 7.77. The number of hydrogen-bond donors (Lipinski definition) is 1. The van der Waals surface area contributed by atoms with E-state index in [2.05, 4.69) is 30.7 Å². The molecular formula is C24H31N3O3. The van der Waals surface area contributed by atoms with Crippen LogP contribution in [0.3, 0.4) is 0 Å².